The van der Waals surface area contributed by atoms with Gasteiger partial charge in [0.15, 0.2) is 5.65 Å². The van der Waals surface area contributed by atoms with E-state index >= 15 is 0 Å². The summed E-state index contributed by atoms with van der Waals surface area (Å²) >= 11 is 1.32. The van der Waals surface area contributed by atoms with E-state index in [2.05, 4.69) is 14.7 Å². The Kier molecular flexibility index (Phi) is 7.40. The Hall–Kier alpha value is -1.72. The van der Waals surface area contributed by atoms with Gasteiger partial charge in [0.2, 0.25) is 10.0 Å². The smallest absolute Gasteiger partial charge is 0.277 e. The van der Waals surface area contributed by atoms with Crippen molar-refractivity contribution in [3.63, 3.8) is 0 Å². The van der Waals surface area contributed by atoms with Crippen molar-refractivity contribution in [3.8, 4) is 0 Å². The highest BCUT2D eigenvalue weighted by molar-refractivity contribution is 7.99. The second kappa shape index (κ2) is 9.19. The number of hydrogen-bond donors (Lipinski definition) is 1. The molecule has 0 aromatic carbocycles. The maximum absolute atomic E-state index is 12.8. The first kappa shape index (κ1) is 22.6. The number of sulfonamides is 1. The Bertz CT molecular complexity index is 1070. The van der Waals surface area contributed by atoms with Crippen LogP contribution in [-0.4, -0.2) is 46.1 Å². The van der Waals surface area contributed by atoms with Crippen LogP contribution in [0.3, 0.4) is 0 Å². The SMILES string of the molecule is CCCn1c(=O)n(C)c(=O)c2c(SCCCS(=O)(=O)NC)nc(C(C)C)nc21. The molecule has 0 amide bonds. The summed E-state index contributed by atoms with van der Waals surface area (Å²) in [5.41, 5.74) is -0.490. The van der Waals surface area contributed by atoms with E-state index in [0.29, 0.717) is 40.6 Å². The molecule has 2 heterocycles. The Balaban J connectivity index is 2.57. The van der Waals surface area contributed by atoms with Crippen molar-refractivity contribution < 1.29 is 8.42 Å². The van der Waals surface area contributed by atoms with Crippen LogP contribution in [0.5, 0.6) is 0 Å². The quantitative estimate of drug-likeness (QED) is 0.360. The van der Waals surface area contributed by atoms with Gasteiger partial charge in [-0.1, -0.05) is 20.8 Å². The van der Waals surface area contributed by atoms with Gasteiger partial charge < -0.3 is 0 Å². The Morgan fingerprint density at radius 3 is 2.46 bits per heavy atom. The van der Waals surface area contributed by atoms with E-state index in [1.807, 2.05) is 20.8 Å². The van der Waals surface area contributed by atoms with Gasteiger partial charge in [-0.25, -0.2) is 27.9 Å². The van der Waals surface area contributed by atoms with E-state index < -0.39 is 21.3 Å². The van der Waals surface area contributed by atoms with Gasteiger partial charge in [-0.15, -0.1) is 11.8 Å². The van der Waals surface area contributed by atoms with Gasteiger partial charge >= 0.3 is 5.69 Å². The number of thioether (sulfide) groups is 1. The average Bonchev–Trinajstić information content (AvgIpc) is 2.66. The van der Waals surface area contributed by atoms with Gasteiger partial charge in [0, 0.05) is 25.3 Å². The van der Waals surface area contributed by atoms with Crippen molar-refractivity contribution in [1.82, 2.24) is 23.8 Å². The van der Waals surface area contributed by atoms with E-state index in [1.54, 1.807) is 0 Å². The van der Waals surface area contributed by atoms with Crippen LogP contribution >= 0.6 is 11.8 Å². The third-order valence-corrected chi connectivity index (χ3v) is 6.75. The molecule has 1 N–H and O–H groups in total. The summed E-state index contributed by atoms with van der Waals surface area (Å²) in [6, 6.07) is 0. The molecule has 2 aromatic heterocycles. The standard InChI is InChI=1S/C17H27N5O4S2/c1-6-8-22-14-12(16(23)21(5)17(22)24)15(20-13(19-14)11(2)3)27-9-7-10-28(25,26)18-4/h11,18H,6-10H2,1-5H3. The largest absolute Gasteiger partial charge is 0.332 e. The van der Waals surface area contributed by atoms with Crippen molar-refractivity contribution in [3.05, 3.63) is 26.7 Å². The van der Waals surface area contributed by atoms with Crippen molar-refractivity contribution in [2.75, 3.05) is 18.6 Å². The number of aromatic nitrogens is 4. The molecule has 0 saturated heterocycles. The van der Waals surface area contributed by atoms with Crippen LogP contribution in [0.4, 0.5) is 0 Å². The first-order valence-electron chi connectivity index (χ1n) is 9.18. The monoisotopic (exact) mass is 429 g/mol. The maximum Gasteiger partial charge on any atom is 0.332 e. The molecule has 0 aliphatic rings. The van der Waals surface area contributed by atoms with Crippen LogP contribution in [0, 0.1) is 0 Å². The Labute approximate surface area is 168 Å². The first-order chi connectivity index (χ1) is 13.1. The van der Waals surface area contributed by atoms with E-state index in [-0.39, 0.29) is 11.7 Å². The Morgan fingerprint density at radius 1 is 1.21 bits per heavy atom. The molecular weight excluding hydrogens is 402 g/mol. The minimum absolute atomic E-state index is 0.00485. The molecule has 9 nitrogen and oxygen atoms in total. The van der Waals surface area contributed by atoms with Crippen molar-refractivity contribution in [1.29, 1.82) is 0 Å². The topological polar surface area (TPSA) is 116 Å². The number of hydrogen-bond acceptors (Lipinski definition) is 7. The second-order valence-electron chi connectivity index (χ2n) is 6.76. The lowest BCUT2D eigenvalue weighted by molar-refractivity contribution is 0.587. The fourth-order valence-electron chi connectivity index (χ4n) is 2.66. The number of nitrogens with one attached hydrogen (secondary N) is 1. The summed E-state index contributed by atoms with van der Waals surface area (Å²) in [7, 11) is -0.454. The Morgan fingerprint density at radius 2 is 1.89 bits per heavy atom. The zero-order valence-corrected chi connectivity index (χ0v) is 18.5. The van der Waals surface area contributed by atoms with Crippen LogP contribution in [-0.2, 0) is 23.6 Å². The summed E-state index contributed by atoms with van der Waals surface area (Å²) in [5.74, 6) is 1.04. The summed E-state index contributed by atoms with van der Waals surface area (Å²) in [5, 5.41) is 0.794. The van der Waals surface area contributed by atoms with Crippen molar-refractivity contribution in [2.24, 2.45) is 7.05 Å². The molecule has 0 atom stereocenters. The summed E-state index contributed by atoms with van der Waals surface area (Å²) in [6.45, 7) is 6.28. The average molecular weight is 430 g/mol. The molecule has 11 heteroatoms. The molecule has 0 saturated carbocycles. The van der Waals surface area contributed by atoms with Crippen LogP contribution in [0.15, 0.2) is 14.6 Å². The van der Waals surface area contributed by atoms with Gasteiger partial charge in [0.1, 0.15) is 16.2 Å². The van der Waals surface area contributed by atoms with Crippen LogP contribution in [0.2, 0.25) is 0 Å². The zero-order chi connectivity index (χ0) is 21.1. The minimum Gasteiger partial charge on any atom is -0.277 e. The minimum atomic E-state index is -3.28. The first-order valence-corrected chi connectivity index (χ1v) is 11.8. The molecule has 0 aliphatic carbocycles. The predicted octanol–water partition coefficient (Wildman–Crippen LogP) is 1.05. The van der Waals surface area contributed by atoms with Gasteiger partial charge in [0.25, 0.3) is 5.56 Å². The normalized spacial score (nSPS) is 12.2. The molecule has 2 aromatic rings. The molecule has 28 heavy (non-hydrogen) atoms. The van der Waals surface area contributed by atoms with Crippen molar-refractivity contribution in [2.45, 2.75) is 51.1 Å². The third-order valence-electron chi connectivity index (χ3n) is 4.24. The predicted molar refractivity (Wildman–Crippen MR) is 112 cm³/mol. The molecule has 0 spiro atoms. The van der Waals surface area contributed by atoms with E-state index in [9.17, 15) is 18.0 Å². The van der Waals surface area contributed by atoms with Crippen LogP contribution < -0.4 is 16.0 Å². The molecule has 0 radical (unpaired) electrons. The van der Waals surface area contributed by atoms with Gasteiger partial charge in [-0.3, -0.25) is 13.9 Å². The fourth-order valence-corrected chi connectivity index (χ4v) is 4.54. The highest BCUT2D eigenvalue weighted by atomic mass is 32.2. The molecular formula is C17H27N5O4S2. The van der Waals surface area contributed by atoms with E-state index in [1.165, 1.54) is 30.4 Å². The summed E-state index contributed by atoms with van der Waals surface area (Å²) in [4.78, 5) is 34.4. The number of fused-ring (bicyclic) bond motifs is 1. The molecule has 156 valence electrons. The molecule has 0 unspecified atom stereocenters. The lowest BCUT2D eigenvalue weighted by Gasteiger charge is -2.15. The van der Waals surface area contributed by atoms with E-state index in [4.69, 9.17) is 0 Å². The summed E-state index contributed by atoms with van der Waals surface area (Å²) in [6.07, 6.45) is 1.13. The van der Waals surface area contributed by atoms with Gasteiger partial charge in [-0.05, 0) is 19.9 Å². The van der Waals surface area contributed by atoms with Crippen LogP contribution in [0.1, 0.15) is 45.4 Å². The van der Waals surface area contributed by atoms with Gasteiger partial charge in [-0.2, -0.15) is 0 Å². The molecule has 0 bridgehead atoms. The maximum atomic E-state index is 12.8. The fraction of sp³-hybridized carbons (Fsp3) is 0.647. The lowest BCUT2D eigenvalue weighted by atomic mass is 10.2. The van der Waals surface area contributed by atoms with Crippen molar-refractivity contribution >= 4 is 32.8 Å². The second-order valence-corrected chi connectivity index (χ2v) is 9.89. The van der Waals surface area contributed by atoms with Gasteiger partial charge in [0.05, 0.1) is 5.75 Å². The van der Waals surface area contributed by atoms with Crippen LogP contribution in [0.25, 0.3) is 11.0 Å². The lowest BCUT2D eigenvalue weighted by Crippen LogP contribution is -2.39. The highest BCUT2D eigenvalue weighted by Gasteiger charge is 2.19. The highest BCUT2D eigenvalue weighted by Crippen LogP contribution is 2.25. The van der Waals surface area contributed by atoms with E-state index in [0.717, 1.165) is 11.0 Å². The molecule has 0 aliphatic heterocycles. The number of rotatable bonds is 9. The number of aryl methyl sites for hydroxylation is 1. The third kappa shape index (κ3) is 4.81. The number of nitrogens with zero attached hydrogens (tertiary/aromatic N) is 4. The summed E-state index contributed by atoms with van der Waals surface area (Å²) < 4.78 is 28.0. The zero-order valence-electron chi connectivity index (χ0n) is 16.9. The molecule has 2 rings (SSSR count). The molecule has 0 fully saturated rings.